The summed E-state index contributed by atoms with van der Waals surface area (Å²) in [7, 11) is 0. The van der Waals surface area contributed by atoms with Crippen LogP contribution >= 0.6 is 0 Å². The molecule has 6 heteroatoms. The maximum atomic E-state index is 13.3. The Balaban J connectivity index is 1.93. The molecule has 5 nitrogen and oxygen atoms in total. The van der Waals surface area contributed by atoms with E-state index in [1.165, 1.54) is 12.1 Å². The fraction of sp³-hybridized carbons (Fsp3) is 0.222. The molecule has 24 heavy (non-hydrogen) atoms. The van der Waals surface area contributed by atoms with E-state index in [0.717, 1.165) is 5.56 Å². The van der Waals surface area contributed by atoms with E-state index in [1.807, 2.05) is 32.0 Å². The number of hydrogen-bond acceptors (Lipinski definition) is 4. The van der Waals surface area contributed by atoms with Crippen LogP contribution in [-0.4, -0.2) is 28.4 Å². The standard InChI is InChI=1S/C18H18FN3O2/c1-3-23-15-9-8-13(11-16(15)24-4-2)18-20-17(21-22-18)12-6-5-7-14(19)10-12/h5-11H,3-4H2,1-2H3,(H,20,21,22). The van der Waals surface area contributed by atoms with E-state index in [4.69, 9.17) is 9.47 Å². The molecule has 0 saturated heterocycles. The number of hydrogen-bond donors (Lipinski definition) is 1. The van der Waals surface area contributed by atoms with Crippen LogP contribution in [0, 0.1) is 5.82 Å². The highest BCUT2D eigenvalue weighted by molar-refractivity contribution is 5.64. The molecule has 1 N–H and O–H groups in total. The summed E-state index contributed by atoms with van der Waals surface area (Å²) in [5.41, 5.74) is 1.44. The third kappa shape index (κ3) is 3.37. The molecule has 0 spiro atoms. The van der Waals surface area contributed by atoms with Gasteiger partial charge in [0, 0.05) is 11.1 Å². The Kier molecular flexibility index (Phi) is 4.74. The molecule has 0 aliphatic rings. The summed E-state index contributed by atoms with van der Waals surface area (Å²) in [6.45, 7) is 4.93. The van der Waals surface area contributed by atoms with E-state index >= 15 is 0 Å². The van der Waals surface area contributed by atoms with Gasteiger partial charge < -0.3 is 9.47 Å². The van der Waals surface area contributed by atoms with Crippen molar-refractivity contribution in [1.82, 2.24) is 15.2 Å². The second kappa shape index (κ2) is 7.12. The summed E-state index contributed by atoms with van der Waals surface area (Å²) < 4.78 is 24.5. The maximum Gasteiger partial charge on any atom is 0.181 e. The quantitative estimate of drug-likeness (QED) is 0.741. The monoisotopic (exact) mass is 327 g/mol. The summed E-state index contributed by atoms with van der Waals surface area (Å²) >= 11 is 0. The normalized spacial score (nSPS) is 10.6. The van der Waals surface area contributed by atoms with Crippen molar-refractivity contribution in [2.24, 2.45) is 0 Å². The third-order valence-corrected chi connectivity index (χ3v) is 3.39. The molecule has 1 heterocycles. The van der Waals surface area contributed by atoms with Gasteiger partial charge in [0.25, 0.3) is 0 Å². The zero-order valence-corrected chi connectivity index (χ0v) is 13.5. The molecule has 0 aliphatic heterocycles. The summed E-state index contributed by atoms with van der Waals surface area (Å²) in [6, 6.07) is 11.8. The van der Waals surface area contributed by atoms with Gasteiger partial charge in [-0.15, -0.1) is 0 Å². The van der Waals surface area contributed by atoms with E-state index in [0.29, 0.717) is 41.9 Å². The van der Waals surface area contributed by atoms with Crippen molar-refractivity contribution in [3.8, 4) is 34.3 Å². The highest BCUT2D eigenvalue weighted by Crippen LogP contribution is 2.32. The predicted octanol–water partition coefficient (Wildman–Crippen LogP) is 4.08. The minimum atomic E-state index is -0.321. The largest absolute Gasteiger partial charge is 0.490 e. The molecule has 2 aromatic carbocycles. The SMILES string of the molecule is CCOc1ccc(-c2nc(-c3cccc(F)c3)n[nH]2)cc1OCC. The molecule has 0 unspecified atom stereocenters. The van der Waals surface area contributed by atoms with Crippen molar-refractivity contribution in [1.29, 1.82) is 0 Å². The molecule has 0 saturated carbocycles. The van der Waals surface area contributed by atoms with Crippen molar-refractivity contribution >= 4 is 0 Å². The lowest BCUT2D eigenvalue weighted by Gasteiger charge is -2.11. The molecule has 0 radical (unpaired) electrons. The van der Waals surface area contributed by atoms with Gasteiger partial charge in [-0.3, -0.25) is 5.10 Å². The number of halogens is 1. The van der Waals surface area contributed by atoms with Crippen molar-refractivity contribution in [3.05, 3.63) is 48.3 Å². The van der Waals surface area contributed by atoms with E-state index < -0.39 is 0 Å². The Morgan fingerprint density at radius 1 is 0.958 bits per heavy atom. The van der Waals surface area contributed by atoms with E-state index in [-0.39, 0.29) is 5.82 Å². The zero-order chi connectivity index (χ0) is 16.9. The van der Waals surface area contributed by atoms with Gasteiger partial charge in [0.1, 0.15) is 5.82 Å². The van der Waals surface area contributed by atoms with Gasteiger partial charge >= 0.3 is 0 Å². The van der Waals surface area contributed by atoms with Gasteiger partial charge in [0.2, 0.25) is 0 Å². The predicted molar refractivity (Wildman–Crippen MR) is 89.6 cm³/mol. The van der Waals surface area contributed by atoms with E-state index in [1.54, 1.807) is 12.1 Å². The van der Waals surface area contributed by atoms with Crippen molar-refractivity contribution in [3.63, 3.8) is 0 Å². The first-order valence-corrected chi connectivity index (χ1v) is 7.79. The molecule has 0 bridgehead atoms. The molecule has 3 aromatic rings. The number of H-pyrrole nitrogens is 1. The first kappa shape index (κ1) is 16.0. The van der Waals surface area contributed by atoms with Gasteiger partial charge in [-0.2, -0.15) is 5.10 Å². The molecule has 1 aromatic heterocycles. The number of nitrogens with zero attached hydrogens (tertiary/aromatic N) is 2. The van der Waals surface area contributed by atoms with Gasteiger partial charge in [0.15, 0.2) is 23.1 Å². The topological polar surface area (TPSA) is 60.0 Å². The Hall–Kier alpha value is -2.89. The second-order valence-electron chi connectivity index (χ2n) is 5.05. The number of nitrogens with one attached hydrogen (secondary N) is 1. The van der Waals surface area contributed by atoms with Crippen LogP contribution in [0.2, 0.25) is 0 Å². The molecule has 0 fully saturated rings. The highest BCUT2D eigenvalue weighted by Gasteiger charge is 2.12. The van der Waals surface area contributed by atoms with Crippen LogP contribution < -0.4 is 9.47 Å². The average Bonchev–Trinajstić information content (AvgIpc) is 3.07. The Morgan fingerprint density at radius 3 is 2.50 bits per heavy atom. The molecule has 0 aliphatic carbocycles. The van der Waals surface area contributed by atoms with Crippen LogP contribution in [0.3, 0.4) is 0 Å². The second-order valence-corrected chi connectivity index (χ2v) is 5.05. The van der Waals surface area contributed by atoms with Crippen LogP contribution in [-0.2, 0) is 0 Å². The van der Waals surface area contributed by atoms with Gasteiger partial charge in [-0.25, -0.2) is 9.37 Å². The fourth-order valence-corrected chi connectivity index (χ4v) is 2.35. The Labute approximate surface area is 139 Å². The average molecular weight is 327 g/mol. The summed E-state index contributed by atoms with van der Waals surface area (Å²) in [5.74, 6) is 2.04. The van der Waals surface area contributed by atoms with Crippen LogP contribution in [0.5, 0.6) is 11.5 Å². The van der Waals surface area contributed by atoms with E-state index in [2.05, 4.69) is 15.2 Å². The summed E-state index contributed by atoms with van der Waals surface area (Å²) in [6.07, 6.45) is 0. The first-order valence-electron chi connectivity index (χ1n) is 7.79. The van der Waals surface area contributed by atoms with Crippen LogP contribution in [0.25, 0.3) is 22.8 Å². The smallest absolute Gasteiger partial charge is 0.181 e. The van der Waals surface area contributed by atoms with Crippen LogP contribution in [0.1, 0.15) is 13.8 Å². The van der Waals surface area contributed by atoms with Crippen molar-refractivity contribution < 1.29 is 13.9 Å². The molecule has 124 valence electrons. The molecule has 3 rings (SSSR count). The minimum absolute atomic E-state index is 0.321. The maximum absolute atomic E-state index is 13.3. The lowest BCUT2D eigenvalue weighted by molar-refractivity contribution is 0.288. The zero-order valence-electron chi connectivity index (χ0n) is 13.5. The number of rotatable bonds is 6. The van der Waals surface area contributed by atoms with E-state index in [9.17, 15) is 4.39 Å². The number of benzene rings is 2. The number of aromatic nitrogens is 3. The number of aromatic amines is 1. The lowest BCUT2D eigenvalue weighted by Crippen LogP contribution is -1.98. The summed E-state index contributed by atoms with van der Waals surface area (Å²) in [4.78, 5) is 4.44. The third-order valence-electron chi connectivity index (χ3n) is 3.39. The Bertz CT molecular complexity index is 833. The number of ether oxygens (including phenoxy) is 2. The van der Waals surface area contributed by atoms with Crippen molar-refractivity contribution in [2.75, 3.05) is 13.2 Å². The fourth-order valence-electron chi connectivity index (χ4n) is 2.35. The summed E-state index contributed by atoms with van der Waals surface area (Å²) in [5, 5.41) is 7.04. The highest BCUT2D eigenvalue weighted by atomic mass is 19.1. The van der Waals surface area contributed by atoms with Crippen LogP contribution in [0.4, 0.5) is 4.39 Å². The van der Waals surface area contributed by atoms with Gasteiger partial charge in [0.05, 0.1) is 13.2 Å². The van der Waals surface area contributed by atoms with Crippen LogP contribution in [0.15, 0.2) is 42.5 Å². The molecular weight excluding hydrogens is 309 g/mol. The first-order chi connectivity index (χ1) is 11.7. The van der Waals surface area contributed by atoms with Gasteiger partial charge in [-0.1, -0.05) is 12.1 Å². The minimum Gasteiger partial charge on any atom is -0.490 e. The molecule has 0 atom stereocenters. The molecular formula is C18H18FN3O2. The Morgan fingerprint density at radius 2 is 1.75 bits per heavy atom. The molecule has 0 amide bonds. The lowest BCUT2D eigenvalue weighted by atomic mass is 10.2. The van der Waals surface area contributed by atoms with Crippen molar-refractivity contribution in [2.45, 2.75) is 13.8 Å². The van der Waals surface area contributed by atoms with Gasteiger partial charge in [-0.05, 0) is 44.2 Å².